The average molecular weight is 369 g/mol. The van der Waals surface area contributed by atoms with Crippen molar-refractivity contribution in [3.8, 4) is 0 Å². The molecule has 0 aliphatic heterocycles. The van der Waals surface area contributed by atoms with Crippen molar-refractivity contribution in [2.24, 2.45) is 11.8 Å². The summed E-state index contributed by atoms with van der Waals surface area (Å²) in [6.45, 7) is 5.19. The lowest BCUT2D eigenvalue weighted by Crippen LogP contribution is -2.43. The SMILES string of the molecule is CCN(CC)C(=O)C1CC=CCC1C(=O)Nc1ccc(Cl)cc1Cl. The van der Waals surface area contributed by atoms with Crippen LogP contribution in [0, 0.1) is 11.8 Å². The largest absolute Gasteiger partial charge is 0.343 e. The van der Waals surface area contributed by atoms with E-state index in [1.807, 2.05) is 26.0 Å². The molecule has 1 aromatic carbocycles. The Balaban J connectivity index is 2.16. The fourth-order valence-corrected chi connectivity index (χ4v) is 3.42. The Morgan fingerprint density at radius 3 is 2.33 bits per heavy atom. The fourth-order valence-electron chi connectivity index (χ4n) is 2.96. The zero-order valence-electron chi connectivity index (χ0n) is 13.9. The number of hydrogen-bond acceptors (Lipinski definition) is 2. The van der Waals surface area contributed by atoms with Crippen molar-refractivity contribution in [2.45, 2.75) is 26.7 Å². The second-order valence-corrected chi connectivity index (χ2v) is 6.62. The lowest BCUT2D eigenvalue weighted by Gasteiger charge is -2.31. The Labute approximate surface area is 152 Å². The molecule has 2 unspecified atom stereocenters. The van der Waals surface area contributed by atoms with Crippen molar-refractivity contribution in [1.82, 2.24) is 4.90 Å². The Morgan fingerprint density at radius 2 is 1.75 bits per heavy atom. The number of carbonyl (C=O) groups excluding carboxylic acids is 2. The van der Waals surface area contributed by atoms with Gasteiger partial charge in [-0.3, -0.25) is 9.59 Å². The van der Waals surface area contributed by atoms with E-state index in [0.29, 0.717) is 41.7 Å². The quantitative estimate of drug-likeness (QED) is 0.783. The third-order valence-electron chi connectivity index (χ3n) is 4.35. The van der Waals surface area contributed by atoms with Crippen LogP contribution in [0.25, 0.3) is 0 Å². The van der Waals surface area contributed by atoms with Crippen molar-refractivity contribution in [3.63, 3.8) is 0 Å². The minimum Gasteiger partial charge on any atom is -0.343 e. The standard InChI is InChI=1S/C18H22Cl2N2O2/c1-3-22(4-2)18(24)14-8-6-5-7-13(14)17(23)21-16-10-9-12(19)11-15(16)20/h5-6,9-11,13-14H,3-4,7-8H2,1-2H3,(H,21,23). The van der Waals surface area contributed by atoms with Crippen LogP contribution < -0.4 is 5.32 Å². The summed E-state index contributed by atoms with van der Waals surface area (Å²) in [6.07, 6.45) is 5.07. The molecule has 0 heterocycles. The summed E-state index contributed by atoms with van der Waals surface area (Å²) >= 11 is 12.0. The molecule has 0 fully saturated rings. The summed E-state index contributed by atoms with van der Waals surface area (Å²) in [7, 11) is 0. The van der Waals surface area contributed by atoms with Gasteiger partial charge in [0.25, 0.3) is 0 Å². The zero-order valence-corrected chi connectivity index (χ0v) is 15.4. The molecule has 2 amide bonds. The Hall–Kier alpha value is -1.52. The Morgan fingerprint density at radius 1 is 1.12 bits per heavy atom. The molecule has 24 heavy (non-hydrogen) atoms. The van der Waals surface area contributed by atoms with E-state index in [9.17, 15) is 9.59 Å². The first-order valence-electron chi connectivity index (χ1n) is 8.17. The van der Waals surface area contributed by atoms with Crippen LogP contribution in [0.4, 0.5) is 5.69 Å². The maximum Gasteiger partial charge on any atom is 0.228 e. The summed E-state index contributed by atoms with van der Waals surface area (Å²) in [5.74, 6) is -0.878. The molecule has 0 saturated carbocycles. The minimum atomic E-state index is -0.394. The predicted octanol–water partition coefficient (Wildman–Crippen LogP) is 4.38. The molecule has 0 bridgehead atoms. The van der Waals surface area contributed by atoms with E-state index >= 15 is 0 Å². The second-order valence-electron chi connectivity index (χ2n) is 5.78. The summed E-state index contributed by atoms with van der Waals surface area (Å²) < 4.78 is 0. The topological polar surface area (TPSA) is 49.4 Å². The maximum atomic E-state index is 12.7. The zero-order chi connectivity index (χ0) is 17.7. The van der Waals surface area contributed by atoms with Gasteiger partial charge in [-0.1, -0.05) is 35.4 Å². The van der Waals surface area contributed by atoms with E-state index in [1.54, 1.807) is 23.1 Å². The maximum absolute atomic E-state index is 12.7. The summed E-state index contributed by atoms with van der Waals surface area (Å²) in [6, 6.07) is 4.92. The lowest BCUT2D eigenvalue weighted by atomic mass is 9.81. The molecule has 4 nitrogen and oxygen atoms in total. The molecule has 1 aliphatic rings. The minimum absolute atomic E-state index is 0.0340. The number of anilines is 1. The van der Waals surface area contributed by atoms with Gasteiger partial charge in [-0.25, -0.2) is 0 Å². The number of hydrogen-bond donors (Lipinski definition) is 1. The molecule has 0 spiro atoms. The second kappa shape index (κ2) is 8.54. The van der Waals surface area contributed by atoms with Gasteiger partial charge < -0.3 is 10.2 Å². The van der Waals surface area contributed by atoms with E-state index in [4.69, 9.17) is 23.2 Å². The van der Waals surface area contributed by atoms with Crippen LogP contribution in [0.5, 0.6) is 0 Å². The highest BCUT2D eigenvalue weighted by molar-refractivity contribution is 6.36. The van der Waals surface area contributed by atoms with Gasteiger partial charge in [0, 0.05) is 18.1 Å². The molecule has 0 aromatic heterocycles. The van der Waals surface area contributed by atoms with Crippen molar-refractivity contribution in [1.29, 1.82) is 0 Å². The van der Waals surface area contributed by atoms with Crippen LogP contribution in [0.15, 0.2) is 30.4 Å². The van der Waals surface area contributed by atoms with Gasteiger partial charge >= 0.3 is 0 Å². The van der Waals surface area contributed by atoms with Crippen molar-refractivity contribution in [3.05, 3.63) is 40.4 Å². The molecule has 0 saturated heterocycles. The first-order chi connectivity index (χ1) is 11.5. The number of rotatable bonds is 5. The fraction of sp³-hybridized carbons (Fsp3) is 0.444. The summed E-state index contributed by atoms with van der Waals surface area (Å²) in [4.78, 5) is 27.2. The van der Waals surface area contributed by atoms with E-state index in [0.717, 1.165) is 0 Å². The Bertz CT molecular complexity index is 642. The van der Waals surface area contributed by atoms with E-state index in [1.165, 1.54) is 0 Å². The average Bonchev–Trinajstić information content (AvgIpc) is 2.58. The summed E-state index contributed by atoms with van der Waals surface area (Å²) in [5.41, 5.74) is 0.509. The number of carbonyl (C=O) groups is 2. The van der Waals surface area contributed by atoms with Gasteiger partial charge in [0.2, 0.25) is 11.8 Å². The monoisotopic (exact) mass is 368 g/mol. The molecular weight excluding hydrogens is 347 g/mol. The Kier molecular flexibility index (Phi) is 6.69. The lowest BCUT2D eigenvalue weighted by molar-refractivity contribution is -0.140. The molecule has 1 N–H and O–H groups in total. The molecule has 130 valence electrons. The molecule has 1 aromatic rings. The third kappa shape index (κ3) is 4.31. The van der Waals surface area contributed by atoms with Crippen LogP contribution in [0.1, 0.15) is 26.7 Å². The van der Waals surface area contributed by atoms with Crippen LogP contribution in [0.2, 0.25) is 10.0 Å². The number of nitrogens with zero attached hydrogens (tertiary/aromatic N) is 1. The highest BCUT2D eigenvalue weighted by Crippen LogP contribution is 2.31. The van der Waals surface area contributed by atoms with Crippen molar-refractivity contribution >= 4 is 40.7 Å². The number of allylic oxidation sites excluding steroid dienone is 2. The van der Waals surface area contributed by atoms with Crippen LogP contribution in [-0.2, 0) is 9.59 Å². The smallest absolute Gasteiger partial charge is 0.228 e. The predicted molar refractivity (Wildman–Crippen MR) is 98.4 cm³/mol. The van der Waals surface area contributed by atoms with Crippen molar-refractivity contribution < 1.29 is 9.59 Å². The van der Waals surface area contributed by atoms with Gasteiger partial charge in [0.15, 0.2) is 0 Å². The summed E-state index contributed by atoms with van der Waals surface area (Å²) in [5, 5.41) is 3.72. The molecule has 2 atom stereocenters. The molecular formula is C18H22Cl2N2O2. The third-order valence-corrected chi connectivity index (χ3v) is 4.90. The van der Waals surface area contributed by atoms with Crippen LogP contribution in [-0.4, -0.2) is 29.8 Å². The molecule has 1 aliphatic carbocycles. The normalized spacial score (nSPS) is 19.8. The van der Waals surface area contributed by atoms with Gasteiger partial charge in [0.1, 0.15) is 0 Å². The van der Waals surface area contributed by atoms with E-state index < -0.39 is 5.92 Å². The van der Waals surface area contributed by atoms with E-state index in [-0.39, 0.29) is 17.7 Å². The van der Waals surface area contributed by atoms with Crippen molar-refractivity contribution in [2.75, 3.05) is 18.4 Å². The number of benzene rings is 1. The van der Waals surface area contributed by atoms with Crippen LogP contribution >= 0.6 is 23.2 Å². The molecule has 0 radical (unpaired) electrons. The molecule has 6 heteroatoms. The van der Waals surface area contributed by atoms with Gasteiger partial charge in [-0.15, -0.1) is 0 Å². The van der Waals surface area contributed by atoms with Gasteiger partial charge in [-0.2, -0.15) is 0 Å². The van der Waals surface area contributed by atoms with E-state index in [2.05, 4.69) is 5.32 Å². The number of amides is 2. The van der Waals surface area contributed by atoms with Gasteiger partial charge in [0.05, 0.1) is 22.5 Å². The van der Waals surface area contributed by atoms with Gasteiger partial charge in [-0.05, 0) is 44.9 Å². The molecule has 2 rings (SSSR count). The first kappa shape index (κ1) is 18.8. The highest BCUT2D eigenvalue weighted by atomic mass is 35.5. The van der Waals surface area contributed by atoms with Crippen LogP contribution in [0.3, 0.4) is 0 Å². The highest BCUT2D eigenvalue weighted by Gasteiger charge is 2.35. The first-order valence-corrected chi connectivity index (χ1v) is 8.93. The number of halogens is 2. The number of nitrogens with one attached hydrogen (secondary N) is 1.